The molecule has 39 heavy (non-hydrogen) atoms. The molecule has 0 radical (unpaired) electrons. The van der Waals surface area contributed by atoms with E-state index in [1.807, 2.05) is 67.3 Å². The summed E-state index contributed by atoms with van der Waals surface area (Å²) in [5.41, 5.74) is 3.00. The molecule has 208 valence electrons. The predicted octanol–water partition coefficient (Wildman–Crippen LogP) is 5.82. The number of likely N-dealkylation sites (tertiary alicyclic amines) is 1. The predicted molar refractivity (Wildman–Crippen MR) is 153 cm³/mol. The van der Waals surface area contributed by atoms with Gasteiger partial charge in [0, 0.05) is 24.5 Å². The van der Waals surface area contributed by atoms with Crippen LogP contribution in [0.15, 0.2) is 60.7 Å². The Balaban J connectivity index is 1.47. The molecule has 1 fully saturated rings. The second-order valence-electron chi connectivity index (χ2n) is 11.5. The maximum absolute atomic E-state index is 13.7. The molecule has 0 aromatic heterocycles. The molecule has 1 heterocycles. The highest BCUT2D eigenvalue weighted by molar-refractivity contribution is 5.92. The lowest BCUT2D eigenvalue weighted by Crippen LogP contribution is -2.52. The van der Waals surface area contributed by atoms with Crippen LogP contribution in [0.2, 0.25) is 0 Å². The third-order valence-corrected chi connectivity index (χ3v) is 8.07. The van der Waals surface area contributed by atoms with Crippen molar-refractivity contribution in [3.05, 3.63) is 71.8 Å². The van der Waals surface area contributed by atoms with Crippen LogP contribution >= 0.6 is 0 Å². The summed E-state index contributed by atoms with van der Waals surface area (Å²) in [5.74, 6) is -1.91. The Bertz CT molecular complexity index is 1210. The first-order valence-electron chi connectivity index (χ1n) is 14.1. The Morgan fingerprint density at radius 1 is 1.08 bits per heavy atom. The summed E-state index contributed by atoms with van der Waals surface area (Å²) in [7, 11) is 0. The summed E-state index contributed by atoms with van der Waals surface area (Å²) < 4.78 is 0. The fourth-order valence-electron chi connectivity index (χ4n) is 5.84. The van der Waals surface area contributed by atoms with Gasteiger partial charge in [-0.1, -0.05) is 56.3 Å². The van der Waals surface area contributed by atoms with Crippen molar-refractivity contribution in [2.45, 2.75) is 71.9 Å². The minimum Gasteiger partial charge on any atom is -0.481 e. The average Bonchev–Trinajstić information content (AvgIpc) is 3.34. The number of aryl methyl sites for hydroxylation is 1. The van der Waals surface area contributed by atoms with Crippen LogP contribution in [0.25, 0.3) is 0 Å². The smallest absolute Gasteiger partial charge is 0.311 e. The van der Waals surface area contributed by atoms with Crippen LogP contribution < -0.4 is 10.6 Å². The number of nitrogens with zero attached hydrogens (tertiary/aromatic N) is 1. The molecular formula is C32H41N3O4. The van der Waals surface area contributed by atoms with Crippen molar-refractivity contribution < 1.29 is 19.5 Å². The number of nitrogens with one attached hydrogen (secondary N) is 2. The van der Waals surface area contributed by atoms with Gasteiger partial charge in [-0.25, -0.2) is 0 Å². The fourth-order valence-corrected chi connectivity index (χ4v) is 5.84. The van der Waals surface area contributed by atoms with Crippen molar-refractivity contribution in [3.8, 4) is 0 Å². The molecule has 0 spiro atoms. The number of amides is 2. The minimum atomic E-state index is -1.15. The van der Waals surface area contributed by atoms with Gasteiger partial charge in [-0.2, -0.15) is 0 Å². The van der Waals surface area contributed by atoms with Crippen LogP contribution in [-0.4, -0.2) is 40.4 Å². The van der Waals surface area contributed by atoms with E-state index in [1.54, 1.807) is 0 Å². The maximum Gasteiger partial charge on any atom is 0.311 e. The van der Waals surface area contributed by atoms with Crippen LogP contribution in [0.3, 0.4) is 0 Å². The topological polar surface area (TPSA) is 98.7 Å². The molecule has 2 atom stereocenters. The van der Waals surface area contributed by atoms with E-state index in [-0.39, 0.29) is 17.7 Å². The molecular weight excluding hydrogens is 490 g/mol. The fraction of sp³-hybridized carbons (Fsp3) is 0.469. The van der Waals surface area contributed by atoms with E-state index < -0.39 is 23.3 Å². The number of aliphatic carboxylic acids is 1. The minimum absolute atomic E-state index is 0.102. The quantitative estimate of drug-likeness (QED) is 0.336. The van der Waals surface area contributed by atoms with Crippen LogP contribution in [-0.2, 0) is 20.9 Å². The van der Waals surface area contributed by atoms with E-state index in [4.69, 9.17) is 0 Å². The number of rotatable bonds is 10. The second kappa shape index (κ2) is 12.5. The number of carbonyl (C=O) groups is 3. The van der Waals surface area contributed by atoms with Gasteiger partial charge in [-0.05, 0) is 80.7 Å². The Kier molecular flexibility index (Phi) is 9.10. The number of carboxylic acids is 1. The van der Waals surface area contributed by atoms with E-state index in [2.05, 4.69) is 29.7 Å². The van der Waals surface area contributed by atoms with E-state index >= 15 is 0 Å². The van der Waals surface area contributed by atoms with Gasteiger partial charge in [-0.3, -0.25) is 14.4 Å². The summed E-state index contributed by atoms with van der Waals surface area (Å²) in [5, 5.41) is 16.6. The molecule has 2 aromatic carbocycles. The van der Waals surface area contributed by atoms with Gasteiger partial charge < -0.3 is 20.6 Å². The zero-order valence-corrected chi connectivity index (χ0v) is 23.3. The van der Waals surface area contributed by atoms with Crippen molar-refractivity contribution in [1.29, 1.82) is 0 Å². The monoisotopic (exact) mass is 531 g/mol. The zero-order valence-electron chi connectivity index (χ0n) is 23.3. The van der Waals surface area contributed by atoms with Gasteiger partial charge in [-0.15, -0.1) is 0 Å². The Labute approximate surface area is 231 Å². The molecule has 7 heteroatoms. The number of carboxylic acid groups (broad SMARTS) is 1. The number of hydrogen-bond acceptors (Lipinski definition) is 4. The van der Waals surface area contributed by atoms with Gasteiger partial charge in [0.25, 0.3) is 0 Å². The molecule has 3 N–H and O–H groups in total. The number of anilines is 2. The molecule has 7 nitrogen and oxygen atoms in total. The standard InChI is InChI=1S/C32H41N3O4/c1-22(2)19-26(32(31(38)39)16-7-8-17-32)29(36)34-28-15-6-9-18-35(30(28)37)21-24-12-10-13-25(20-24)33-27-14-5-4-11-23(27)3/h4-5,7-8,10-14,20,22,26,28,33H,6,9,15-19,21H2,1-3H3,(H,34,36)(H,38,39). The maximum atomic E-state index is 13.7. The normalized spacial score (nSPS) is 19.5. The van der Waals surface area contributed by atoms with Gasteiger partial charge in [0.1, 0.15) is 6.04 Å². The number of para-hydroxylation sites is 1. The first-order chi connectivity index (χ1) is 18.7. The lowest BCUT2D eigenvalue weighted by Gasteiger charge is -2.35. The molecule has 2 unspecified atom stereocenters. The highest BCUT2D eigenvalue weighted by Gasteiger charge is 2.50. The van der Waals surface area contributed by atoms with Crippen LogP contribution in [0.1, 0.15) is 63.5 Å². The van der Waals surface area contributed by atoms with Crippen LogP contribution in [0.4, 0.5) is 11.4 Å². The number of carbonyl (C=O) groups excluding carboxylic acids is 2. The van der Waals surface area contributed by atoms with Gasteiger partial charge in [0.05, 0.1) is 11.3 Å². The molecule has 2 aromatic rings. The Morgan fingerprint density at radius 2 is 1.82 bits per heavy atom. The summed E-state index contributed by atoms with van der Waals surface area (Å²) >= 11 is 0. The van der Waals surface area contributed by atoms with Crippen molar-refractivity contribution in [1.82, 2.24) is 10.2 Å². The summed E-state index contributed by atoms with van der Waals surface area (Å²) in [6.45, 7) is 7.13. The molecule has 0 bridgehead atoms. The summed E-state index contributed by atoms with van der Waals surface area (Å²) in [4.78, 5) is 41.5. The Hall–Kier alpha value is -3.61. The molecule has 2 aliphatic rings. The van der Waals surface area contributed by atoms with Crippen LogP contribution in [0.5, 0.6) is 0 Å². The first-order valence-corrected chi connectivity index (χ1v) is 14.1. The summed E-state index contributed by atoms with van der Waals surface area (Å²) in [6, 6.07) is 15.5. The van der Waals surface area contributed by atoms with E-state index in [9.17, 15) is 19.5 Å². The third-order valence-electron chi connectivity index (χ3n) is 8.07. The van der Waals surface area contributed by atoms with Crippen LogP contribution in [0, 0.1) is 24.2 Å². The van der Waals surface area contributed by atoms with Gasteiger partial charge >= 0.3 is 5.97 Å². The number of allylic oxidation sites excluding steroid dienone is 2. The molecule has 0 saturated carbocycles. The largest absolute Gasteiger partial charge is 0.481 e. The zero-order chi connectivity index (χ0) is 28.0. The molecule has 1 aliphatic heterocycles. The van der Waals surface area contributed by atoms with Crippen molar-refractivity contribution >= 4 is 29.2 Å². The molecule has 1 aliphatic carbocycles. The third kappa shape index (κ3) is 6.70. The lowest BCUT2D eigenvalue weighted by molar-refractivity contribution is -0.157. The SMILES string of the molecule is Cc1ccccc1Nc1cccc(CN2CCCCC(NC(=O)C(CC(C)C)C3(C(=O)O)CC=CC3)C2=O)c1. The molecule has 4 rings (SSSR count). The van der Waals surface area contributed by atoms with E-state index in [0.717, 1.165) is 35.3 Å². The summed E-state index contributed by atoms with van der Waals surface area (Å²) in [6.07, 6.45) is 7.09. The Morgan fingerprint density at radius 3 is 2.51 bits per heavy atom. The van der Waals surface area contributed by atoms with Crippen molar-refractivity contribution in [3.63, 3.8) is 0 Å². The lowest BCUT2D eigenvalue weighted by atomic mass is 9.69. The number of hydrogen-bond donors (Lipinski definition) is 3. The molecule has 1 saturated heterocycles. The average molecular weight is 532 g/mol. The van der Waals surface area contributed by atoms with Crippen molar-refractivity contribution in [2.75, 3.05) is 11.9 Å². The second-order valence-corrected chi connectivity index (χ2v) is 11.5. The first kappa shape index (κ1) is 28.4. The van der Waals surface area contributed by atoms with E-state index in [1.165, 1.54) is 0 Å². The van der Waals surface area contributed by atoms with Crippen molar-refractivity contribution in [2.24, 2.45) is 17.3 Å². The highest BCUT2D eigenvalue weighted by Crippen LogP contribution is 2.44. The highest BCUT2D eigenvalue weighted by atomic mass is 16.4. The van der Waals surface area contributed by atoms with Gasteiger partial charge in [0.15, 0.2) is 0 Å². The van der Waals surface area contributed by atoms with Gasteiger partial charge in [0.2, 0.25) is 11.8 Å². The van der Waals surface area contributed by atoms with E-state index in [0.29, 0.717) is 38.8 Å². The molecule has 2 amide bonds. The number of benzene rings is 2.